The van der Waals surface area contributed by atoms with Crippen molar-refractivity contribution in [1.82, 2.24) is 9.97 Å². The molecule has 0 aliphatic carbocycles. The summed E-state index contributed by atoms with van der Waals surface area (Å²) in [6.45, 7) is 0. The summed E-state index contributed by atoms with van der Waals surface area (Å²) in [5.41, 5.74) is -0.0412. The van der Waals surface area contributed by atoms with E-state index in [1.165, 1.54) is 24.5 Å². The van der Waals surface area contributed by atoms with Crippen molar-refractivity contribution in [1.29, 1.82) is 0 Å². The van der Waals surface area contributed by atoms with Gasteiger partial charge in [0.25, 0.3) is 0 Å². The van der Waals surface area contributed by atoms with E-state index >= 15 is 0 Å². The van der Waals surface area contributed by atoms with Crippen molar-refractivity contribution in [3.8, 4) is 0 Å². The first-order valence-electron chi connectivity index (χ1n) is 6.18. The molecule has 0 aliphatic heterocycles. The maximum absolute atomic E-state index is 12.4. The number of carbonyl (C=O) groups is 1. The van der Waals surface area contributed by atoms with Crippen LogP contribution in [0.3, 0.4) is 0 Å². The Bertz CT molecular complexity index is 597. The van der Waals surface area contributed by atoms with Gasteiger partial charge in [-0.3, -0.25) is 10.1 Å². The number of aryl methyl sites for hydroxylation is 1. The molecule has 1 N–H and O–H groups in total. The van der Waals surface area contributed by atoms with Crippen LogP contribution in [-0.4, -0.2) is 15.9 Å². The second-order valence-electron chi connectivity index (χ2n) is 4.32. The molecule has 0 radical (unpaired) electrons. The summed E-state index contributed by atoms with van der Waals surface area (Å²) in [4.78, 5) is 19.3. The molecule has 2 rings (SSSR count). The van der Waals surface area contributed by atoms with Gasteiger partial charge in [0.05, 0.1) is 5.56 Å². The van der Waals surface area contributed by atoms with E-state index in [0.717, 1.165) is 12.1 Å². The van der Waals surface area contributed by atoms with E-state index in [1.807, 2.05) is 0 Å². The van der Waals surface area contributed by atoms with Gasteiger partial charge in [0, 0.05) is 18.8 Å². The van der Waals surface area contributed by atoms with Crippen LogP contribution in [0.15, 0.2) is 42.7 Å². The van der Waals surface area contributed by atoms with Gasteiger partial charge in [-0.25, -0.2) is 9.97 Å². The topological polar surface area (TPSA) is 54.9 Å². The molecule has 0 bridgehead atoms. The zero-order valence-corrected chi connectivity index (χ0v) is 10.9. The van der Waals surface area contributed by atoms with E-state index < -0.39 is 11.7 Å². The fourth-order valence-electron chi connectivity index (χ4n) is 1.67. The highest BCUT2D eigenvalue weighted by Crippen LogP contribution is 2.29. The third-order valence-corrected chi connectivity index (χ3v) is 2.74. The molecular weight excluding hydrogens is 283 g/mol. The Morgan fingerprint density at radius 1 is 1.10 bits per heavy atom. The second kappa shape index (κ2) is 6.34. The Kier molecular flexibility index (Phi) is 4.52. The zero-order chi connectivity index (χ0) is 15.3. The van der Waals surface area contributed by atoms with E-state index in [2.05, 4.69) is 15.3 Å². The van der Waals surface area contributed by atoms with Gasteiger partial charge in [0.1, 0.15) is 0 Å². The van der Waals surface area contributed by atoms with E-state index in [4.69, 9.17) is 0 Å². The molecule has 0 saturated carbocycles. The van der Waals surface area contributed by atoms with Crippen molar-refractivity contribution in [2.45, 2.75) is 19.0 Å². The Morgan fingerprint density at radius 3 is 2.29 bits per heavy atom. The average Bonchev–Trinajstić information content (AvgIpc) is 2.46. The number of carbonyl (C=O) groups excluding carboxylic acids is 1. The quantitative estimate of drug-likeness (QED) is 0.943. The Morgan fingerprint density at radius 2 is 1.71 bits per heavy atom. The van der Waals surface area contributed by atoms with Crippen molar-refractivity contribution >= 4 is 11.9 Å². The van der Waals surface area contributed by atoms with Gasteiger partial charge in [0.2, 0.25) is 11.9 Å². The highest BCUT2D eigenvalue weighted by molar-refractivity contribution is 5.88. The largest absolute Gasteiger partial charge is 0.416 e. The minimum absolute atomic E-state index is 0.142. The maximum atomic E-state index is 12.4. The zero-order valence-electron chi connectivity index (χ0n) is 10.9. The SMILES string of the molecule is O=C(CCc1ccc(C(F)(F)F)cc1)Nc1ncccn1. The summed E-state index contributed by atoms with van der Waals surface area (Å²) < 4.78 is 37.2. The molecule has 0 spiro atoms. The molecule has 110 valence electrons. The van der Waals surface area contributed by atoms with Crippen molar-refractivity contribution in [3.05, 3.63) is 53.9 Å². The van der Waals surface area contributed by atoms with Crippen LogP contribution in [0.4, 0.5) is 19.1 Å². The highest BCUT2D eigenvalue weighted by Gasteiger charge is 2.29. The van der Waals surface area contributed by atoms with E-state index in [-0.39, 0.29) is 18.3 Å². The molecule has 21 heavy (non-hydrogen) atoms. The predicted octanol–water partition coefficient (Wildman–Crippen LogP) is 3.07. The van der Waals surface area contributed by atoms with Crippen LogP contribution in [0.2, 0.25) is 0 Å². The van der Waals surface area contributed by atoms with Gasteiger partial charge < -0.3 is 0 Å². The van der Waals surface area contributed by atoms with Crippen LogP contribution in [-0.2, 0) is 17.4 Å². The van der Waals surface area contributed by atoms with Crippen LogP contribution < -0.4 is 5.32 Å². The second-order valence-corrected chi connectivity index (χ2v) is 4.32. The first kappa shape index (κ1) is 15.0. The first-order chi connectivity index (χ1) is 9.95. The van der Waals surface area contributed by atoms with Crippen molar-refractivity contribution < 1.29 is 18.0 Å². The number of anilines is 1. The summed E-state index contributed by atoms with van der Waals surface area (Å²) in [6, 6.07) is 6.38. The summed E-state index contributed by atoms with van der Waals surface area (Å²) in [5, 5.41) is 2.51. The van der Waals surface area contributed by atoms with Gasteiger partial charge in [-0.05, 0) is 30.2 Å². The van der Waals surface area contributed by atoms with E-state index in [0.29, 0.717) is 12.0 Å². The molecule has 0 fully saturated rings. The Balaban J connectivity index is 1.87. The lowest BCUT2D eigenvalue weighted by molar-refractivity contribution is -0.137. The summed E-state index contributed by atoms with van der Waals surface area (Å²) in [5.74, 6) is -0.0870. The lowest BCUT2D eigenvalue weighted by Gasteiger charge is -2.07. The molecule has 0 unspecified atom stereocenters. The Hall–Kier alpha value is -2.44. The van der Waals surface area contributed by atoms with E-state index in [1.54, 1.807) is 6.07 Å². The third-order valence-electron chi connectivity index (χ3n) is 2.74. The number of nitrogens with zero attached hydrogens (tertiary/aromatic N) is 2. The minimum Gasteiger partial charge on any atom is -0.295 e. The number of rotatable bonds is 4. The lowest BCUT2D eigenvalue weighted by Crippen LogP contribution is -2.14. The smallest absolute Gasteiger partial charge is 0.295 e. The molecule has 1 aromatic heterocycles. The minimum atomic E-state index is -4.35. The lowest BCUT2D eigenvalue weighted by atomic mass is 10.1. The number of nitrogens with one attached hydrogen (secondary N) is 1. The number of hydrogen-bond acceptors (Lipinski definition) is 3. The van der Waals surface area contributed by atoms with Crippen LogP contribution in [0.25, 0.3) is 0 Å². The standard InChI is InChI=1S/C14H12F3N3O/c15-14(16,17)11-5-2-10(3-6-11)4-7-12(21)20-13-18-8-1-9-19-13/h1-3,5-6,8-9H,4,7H2,(H,18,19,20,21). The number of alkyl halides is 3. The van der Waals surface area contributed by atoms with Gasteiger partial charge >= 0.3 is 6.18 Å². The normalized spacial score (nSPS) is 11.2. The summed E-state index contributed by atoms with van der Waals surface area (Å²) >= 11 is 0. The molecule has 4 nitrogen and oxygen atoms in total. The van der Waals surface area contributed by atoms with Crippen LogP contribution in [0.5, 0.6) is 0 Å². The number of aromatic nitrogens is 2. The van der Waals surface area contributed by atoms with Gasteiger partial charge in [-0.2, -0.15) is 13.2 Å². The third kappa shape index (κ3) is 4.55. The molecule has 0 aliphatic rings. The average molecular weight is 295 g/mol. The number of amides is 1. The molecule has 1 aromatic carbocycles. The van der Waals surface area contributed by atoms with Crippen LogP contribution in [0.1, 0.15) is 17.5 Å². The number of benzene rings is 1. The first-order valence-corrected chi connectivity index (χ1v) is 6.18. The number of hydrogen-bond donors (Lipinski definition) is 1. The molecule has 1 amide bonds. The monoisotopic (exact) mass is 295 g/mol. The molecular formula is C14H12F3N3O. The van der Waals surface area contributed by atoms with E-state index in [9.17, 15) is 18.0 Å². The molecule has 2 aromatic rings. The fourth-order valence-corrected chi connectivity index (χ4v) is 1.67. The highest BCUT2D eigenvalue weighted by atomic mass is 19.4. The Labute approximate surface area is 119 Å². The summed E-state index contributed by atoms with van der Waals surface area (Å²) in [7, 11) is 0. The van der Waals surface area contributed by atoms with Crippen molar-refractivity contribution in [2.24, 2.45) is 0 Å². The van der Waals surface area contributed by atoms with Crippen LogP contribution >= 0.6 is 0 Å². The predicted molar refractivity (Wildman–Crippen MR) is 70.4 cm³/mol. The van der Waals surface area contributed by atoms with Gasteiger partial charge in [-0.1, -0.05) is 12.1 Å². The van der Waals surface area contributed by atoms with Crippen molar-refractivity contribution in [2.75, 3.05) is 5.32 Å². The van der Waals surface area contributed by atoms with Gasteiger partial charge in [-0.15, -0.1) is 0 Å². The van der Waals surface area contributed by atoms with Crippen LogP contribution in [0, 0.1) is 0 Å². The van der Waals surface area contributed by atoms with Crippen molar-refractivity contribution in [3.63, 3.8) is 0 Å². The van der Waals surface area contributed by atoms with Gasteiger partial charge in [0.15, 0.2) is 0 Å². The maximum Gasteiger partial charge on any atom is 0.416 e. The molecule has 1 heterocycles. The molecule has 0 atom stereocenters. The fraction of sp³-hybridized carbons (Fsp3) is 0.214. The molecule has 0 saturated heterocycles. The summed E-state index contributed by atoms with van der Waals surface area (Å²) in [6.07, 6.45) is -0.863. The number of halogens is 3. The molecule has 7 heteroatoms.